The topological polar surface area (TPSA) is 17.3 Å². The fourth-order valence-electron chi connectivity index (χ4n) is 11.7. The van der Waals surface area contributed by atoms with Crippen molar-refractivity contribution in [1.29, 1.82) is 0 Å². The number of benzene rings is 13. The second-order valence-electron chi connectivity index (χ2n) is 18.6. The third kappa shape index (κ3) is 5.70. The molecule has 0 aliphatic heterocycles. The molecule has 0 N–H and O–H groups in total. The summed E-state index contributed by atoms with van der Waals surface area (Å²) in [6, 6.07) is 89.6. The molecule has 0 aliphatic carbocycles. The molecule has 2 nitrogen and oxygen atoms in total. The normalized spacial score (nSPS) is 12.1. The summed E-state index contributed by atoms with van der Waals surface area (Å²) in [6.45, 7) is 0. The van der Waals surface area contributed by atoms with Gasteiger partial charge in [0, 0.05) is 21.5 Å². The van der Waals surface area contributed by atoms with Gasteiger partial charge in [-0.05, 0) is 140 Å². The van der Waals surface area contributed by atoms with Crippen LogP contribution in [0.25, 0.3) is 147 Å². The molecule has 2 heteroatoms. The molecule has 0 fully saturated rings. The molecule has 69 heavy (non-hydrogen) atoms. The number of fused-ring (bicyclic) bond motifs is 17. The number of hydrogen-bond donors (Lipinski definition) is 0. The van der Waals surface area contributed by atoms with E-state index in [1.807, 2.05) is 0 Å². The predicted octanol–water partition coefficient (Wildman–Crippen LogP) is 18.4. The van der Waals surface area contributed by atoms with E-state index in [2.05, 4.69) is 247 Å². The minimum absolute atomic E-state index is 0.984. The lowest BCUT2D eigenvalue weighted by Gasteiger charge is -2.19. The van der Waals surface area contributed by atoms with Gasteiger partial charge in [0.25, 0.3) is 0 Å². The monoisotopic (exact) mass is 872 g/mol. The Morgan fingerprint density at radius 3 is 1.29 bits per heavy atom. The second-order valence-corrected chi connectivity index (χ2v) is 18.6. The van der Waals surface area contributed by atoms with E-state index in [0.29, 0.717) is 0 Å². The maximum atomic E-state index is 5.49. The van der Waals surface area contributed by atoms with E-state index >= 15 is 0 Å². The van der Waals surface area contributed by atoms with Crippen molar-refractivity contribution in [1.82, 2.24) is 9.38 Å². The predicted molar refractivity (Wildman–Crippen MR) is 294 cm³/mol. The highest BCUT2D eigenvalue weighted by Gasteiger charge is 2.21. The van der Waals surface area contributed by atoms with Gasteiger partial charge in [0.15, 0.2) is 0 Å². The number of imidazole rings is 1. The quantitative estimate of drug-likeness (QED) is 0.127. The average molecular weight is 873 g/mol. The summed E-state index contributed by atoms with van der Waals surface area (Å²) in [5.41, 5.74) is 14.0. The van der Waals surface area contributed by atoms with Crippen LogP contribution in [0.3, 0.4) is 0 Å². The van der Waals surface area contributed by atoms with Crippen molar-refractivity contribution in [3.05, 3.63) is 243 Å². The molecule has 0 bridgehead atoms. The van der Waals surface area contributed by atoms with E-state index in [1.165, 1.54) is 120 Å². The zero-order valence-electron chi connectivity index (χ0n) is 37.5. The summed E-state index contributed by atoms with van der Waals surface area (Å²) < 4.78 is 2.40. The molecule has 318 valence electrons. The van der Waals surface area contributed by atoms with Crippen LogP contribution in [0.1, 0.15) is 0 Å². The SMILES string of the molecule is c1ccc2cc(-c3c4ccccc4c(-c4ccc5ccccc5c4)c4cc(-c5ccc(-c6ccc7c(c6)c6ccccc6n6c7nc7c8ccccc8c8ccccc8c76)cc5)ccc34)ccc2c1. The van der Waals surface area contributed by atoms with Crippen LogP contribution in [0.4, 0.5) is 0 Å². The Labute approximate surface area is 397 Å². The number of pyridine rings is 1. The van der Waals surface area contributed by atoms with Gasteiger partial charge in [-0.25, -0.2) is 4.98 Å². The summed E-state index contributed by atoms with van der Waals surface area (Å²) in [5.74, 6) is 0. The zero-order valence-corrected chi connectivity index (χ0v) is 37.5. The van der Waals surface area contributed by atoms with Crippen molar-refractivity contribution < 1.29 is 0 Å². The maximum Gasteiger partial charge on any atom is 0.146 e. The summed E-state index contributed by atoms with van der Waals surface area (Å²) >= 11 is 0. The highest BCUT2D eigenvalue weighted by atomic mass is 15.0. The number of para-hydroxylation sites is 1. The highest BCUT2D eigenvalue weighted by molar-refractivity contribution is 6.27. The molecule has 0 radical (unpaired) electrons. The summed E-state index contributed by atoms with van der Waals surface area (Å²) in [4.78, 5) is 5.49. The third-order valence-corrected chi connectivity index (χ3v) is 14.9. The Kier molecular flexibility index (Phi) is 8.10. The van der Waals surface area contributed by atoms with Crippen LogP contribution in [-0.4, -0.2) is 9.38 Å². The van der Waals surface area contributed by atoms with Crippen molar-refractivity contribution in [2.75, 3.05) is 0 Å². The molecular weight excluding hydrogens is 833 g/mol. The Hall–Kier alpha value is -9.11. The Balaban J connectivity index is 0.900. The van der Waals surface area contributed by atoms with Gasteiger partial charge in [0.2, 0.25) is 0 Å². The first-order valence-corrected chi connectivity index (χ1v) is 23.9. The van der Waals surface area contributed by atoms with E-state index in [-0.39, 0.29) is 0 Å². The van der Waals surface area contributed by atoms with Gasteiger partial charge in [0.05, 0.1) is 16.6 Å². The van der Waals surface area contributed by atoms with Gasteiger partial charge < -0.3 is 0 Å². The van der Waals surface area contributed by atoms with Gasteiger partial charge in [0.1, 0.15) is 5.65 Å². The van der Waals surface area contributed by atoms with Crippen molar-refractivity contribution in [2.45, 2.75) is 0 Å². The molecule has 2 aromatic heterocycles. The van der Waals surface area contributed by atoms with Crippen molar-refractivity contribution in [3.8, 4) is 44.5 Å². The largest absolute Gasteiger partial charge is 0.291 e. The van der Waals surface area contributed by atoms with Gasteiger partial charge in [-0.15, -0.1) is 0 Å². The average Bonchev–Trinajstić information content (AvgIpc) is 3.84. The molecular formula is C67H40N2. The molecule has 0 aliphatic rings. The van der Waals surface area contributed by atoms with Gasteiger partial charge in [-0.2, -0.15) is 0 Å². The molecule has 0 saturated heterocycles. The lowest BCUT2D eigenvalue weighted by atomic mass is 9.84. The van der Waals surface area contributed by atoms with Crippen LogP contribution >= 0.6 is 0 Å². The Morgan fingerprint density at radius 2 is 0.667 bits per heavy atom. The first-order chi connectivity index (χ1) is 34.2. The number of nitrogens with zero attached hydrogens (tertiary/aromatic N) is 2. The Morgan fingerprint density at radius 1 is 0.246 bits per heavy atom. The molecule has 15 rings (SSSR count). The van der Waals surface area contributed by atoms with E-state index in [0.717, 1.165) is 27.6 Å². The van der Waals surface area contributed by atoms with Gasteiger partial charge in [-0.1, -0.05) is 206 Å². The fourth-order valence-corrected chi connectivity index (χ4v) is 11.7. The number of rotatable bonds is 4. The number of hydrogen-bond acceptors (Lipinski definition) is 1. The highest BCUT2D eigenvalue weighted by Crippen LogP contribution is 2.46. The van der Waals surface area contributed by atoms with Crippen molar-refractivity contribution >= 4 is 103 Å². The molecule has 2 heterocycles. The van der Waals surface area contributed by atoms with Gasteiger partial charge >= 0.3 is 0 Å². The van der Waals surface area contributed by atoms with E-state index < -0.39 is 0 Å². The first-order valence-electron chi connectivity index (χ1n) is 23.9. The van der Waals surface area contributed by atoms with Crippen LogP contribution in [-0.2, 0) is 0 Å². The fraction of sp³-hybridized carbons (Fsp3) is 0. The molecule has 0 atom stereocenters. The molecule has 0 unspecified atom stereocenters. The lowest BCUT2D eigenvalue weighted by Crippen LogP contribution is -1.93. The zero-order chi connectivity index (χ0) is 45.2. The third-order valence-electron chi connectivity index (χ3n) is 14.9. The molecule has 0 spiro atoms. The lowest BCUT2D eigenvalue weighted by molar-refractivity contribution is 1.32. The summed E-state index contributed by atoms with van der Waals surface area (Å²) in [5, 5.41) is 18.4. The van der Waals surface area contributed by atoms with Crippen LogP contribution in [0.15, 0.2) is 243 Å². The van der Waals surface area contributed by atoms with Crippen LogP contribution in [0, 0.1) is 0 Å². The minimum atomic E-state index is 0.984. The molecule has 13 aromatic carbocycles. The maximum absolute atomic E-state index is 5.49. The van der Waals surface area contributed by atoms with Crippen LogP contribution < -0.4 is 0 Å². The Bertz CT molecular complexity index is 4650. The summed E-state index contributed by atoms with van der Waals surface area (Å²) in [7, 11) is 0. The molecule has 0 amide bonds. The van der Waals surface area contributed by atoms with E-state index in [1.54, 1.807) is 0 Å². The standard InChI is InChI=1S/C67H40N2/c1-3-15-45-37-49(31-29-41(45)13-1)63-54-20-7-8-21-55(54)64(50-32-30-42-14-2-4-16-46(42)38-50)61-40-48(33-35-56(61)63)44-27-25-43(26-28-44)47-34-36-59-60(39-47)53-19-11-12-24-62(53)69-66-58-23-10-6-18-52(58)51-17-5-9-22-57(51)65(66)68-67(59)69/h1-40H. The van der Waals surface area contributed by atoms with Gasteiger partial charge in [-0.3, -0.25) is 4.40 Å². The minimum Gasteiger partial charge on any atom is -0.291 e. The first kappa shape index (κ1) is 38.0. The van der Waals surface area contributed by atoms with Crippen LogP contribution in [0.5, 0.6) is 0 Å². The van der Waals surface area contributed by atoms with Crippen LogP contribution in [0.2, 0.25) is 0 Å². The molecule has 15 aromatic rings. The smallest absolute Gasteiger partial charge is 0.146 e. The number of aromatic nitrogens is 2. The second kappa shape index (κ2) is 14.7. The summed E-state index contributed by atoms with van der Waals surface area (Å²) in [6.07, 6.45) is 0. The molecule has 0 saturated carbocycles. The van der Waals surface area contributed by atoms with E-state index in [4.69, 9.17) is 4.98 Å². The van der Waals surface area contributed by atoms with Crippen molar-refractivity contribution in [3.63, 3.8) is 0 Å². The van der Waals surface area contributed by atoms with E-state index in [9.17, 15) is 0 Å². The van der Waals surface area contributed by atoms with Crippen molar-refractivity contribution in [2.24, 2.45) is 0 Å².